The van der Waals surface area contributed by atoms with Crippen molar-refractivity contribution in [2.75, 3.05) is 16.7 Å². The SMILES string of the molecule is Cc1ccc(S(=O)(=O)Nc2cccc(C(=O)N(C)c3ccccc3)c2C)cc1. The highest BCUT2D eigenvalue weighted by Gasteiger charge is 2.20. The summed E-state index contributed by atoms with van der Waals surface area (Å²) < 4.78 is 28.0. The molecule has 6 heteroatoms. The van der Waals surface area contributed by atoms with E-state index >= 15 is 0 Å². The lowest BCUT2D eigenvalue weighted by atomic mass is 10.1. The number of hydrogen-bond acceptors (Lipinski definition) is 3. The Morgan fingerprint density at radius 1 is 0.857 bits per heavy atom. The fraction of sp³-hybridized carbons (Fsp3) is 0.136. The lowest BCUT2D eigenvalue weighted by Crippen LogP contribution is -2.27. The van der Waals surface area contributed by atoms with Crippen LogP contribution in [0.4, 0.5) is 11.4 Å². The Bertz CT molecular complexity index is 1090. The van der Waals surface area contributed by atoms with E-state index in [2.05, 4.69) is 4.72 Å². The summed E-state index contributed by atoms with van der Waals surface area (Å²) in [6.45, 7) is 3.63. The van der Waals surface area contributed by atoms with Crippen molar-refractivity contribution >= 4 is 27.3 Å². The fourth-order valence-electron chi connectivity index (χ4n) is 2.85. The van der Waals surface area contributed by atoms with Crippen LogP contribution in [0.25, 0.3) is 0 Å². The van der Waals surface area contributed by atoms with Gasteiger partial charge < -0.3 is 4.90 Å². The minimum absolute atomic E-state index is 0.177. The Kier molecular flexibility index (Phi) is 5.51. The molecule has 5 nitrogen and oxygen atoms in total. The zero-order valence-corrected chi connectivity index (χ0v) is 16.8. The molecule has 0 unspecified atom stereocenters. The summed E-state index contributed by atoms with van der Waals surface area (Å²) in [5.41, 5.74) is 3.14. The molecule has 0 saturated carbocycles. The molecular formula is C22H22N2O3S. The molecule has 0 bridgehead atoms. The number of amides is 1. The van der Waals surface area contributed by atoms with Gasteiger partial charge in [0.15, 0.2) is 0 Å². The van der Waals surface area contributed by atoms with Crippen LogP contribution in [-0.2, 0) is 10.0 Å². The van der Waals surface area contributed by atoms with Gasteiger partial charge in [-0.25, -0.2) is 8.42 Å². The number of nitrogens with zero attached hydrogens (tertiary/aromatic N) is 1. The van der Waals surface area contributed by atoms with E-state index in [1.54, 1.807) is 61.3 Å². The summed E-state index contributed by atoms with van der Waals surface area (Å²) in [4.78, 5) is 14.7. The minimum atomic E-state index is -3.74. The van der Waals surface area contributed by atoms with Crippen LogP contribution in [0.3, 0.4) is 0 Å². The lowest BCUT2D eigenvalue weighted by molar-refractivity contribution is 0.0992. The van der Waals surface area contributed by atoms with Crippen LogP contribution in [0.2, 0.25) is 0 Å². The molecular weight excluding hydrogens is 372 g/mol. The van der Waals surface area contributed by atoms with E-state index in [1.807, 2.05) is 37.3 Å². The van der Waals surface area contributed by atoms with Gasteiger partial charge in [-0.3, -0.25) is 9.52 Å². The normalized spacial score (nSPS) is 11.1. The Labute approximate surface area is 165 Å². The van der Waals surface area contributed by atoms with E-state index in [1.165, 1.54) is 0 Å². The highest BCUT2D eigenvalue weighted by Crippen LogP contribution is 2.25. The van der Waals surface area contributed by atoms with Crippen LogP contribution in [0.1, 0.15) is 21.5 Å². The highest BCUT2D eigenvalue weighted by molar-refractivity contribution is 7.92. The average Bonchev–Trinajstić information content (AvgIpc) is 2.69. The van der Waals surface area contributed by atoms with Crippen LogP contribution >= 0.6 is 0 Å². The van der Waals surface area contributed by atoms with Gasteiger partial charge in [-0.2, -0.15) is 0 Å². The molecule has 0 spiro atoms. The number of nitrogens with one attached hydrogen (secondary N) is 1. The maximum atomic E-state index is 12.9. The molecule has 3 aromatic carbocycles. The molecule has 144 valence electrons. The second kappa shape index (κ2) is 7.86. The molecule has 0 saturated heterocycles. The second-order valence-corrected chi connectivity index (χ2v) is 8.28. The third kappa shape index (κ3) is 4.07. The molecule has 1 amide bonds. The molecule has 0 heterocycles. The van der Waals surface area contributed by atoms with Gasteiger partial charge in [-0.15, -0.1) is 0 Å². The Balaban J connectivity index is 1.91. The molecule has 0 aliphatic rings. The van der Waals surface area contributed by atoms with Crippen molar-refractivity contribution < 1.29 is 13.2 Å². The summed E-state index contributed by atoms with van der Waals surface area (Å²) in [6.07, 6.45) is 0. The number of benzene rings is 3. The number of rotatable bonds is 5. The van der Waals surface area contributed by atoms with Crippen molar-refractivity contribution in [2.45, 2.75) is 18.7 Å². The van der Waals surface area contributed by atoms with Crippen molar-refractivity contribution in [3.8, 4) is 0 Å². The Morgan fingerprint density at radius 3 is 2.14 bits per heavy atom. The maximum Gasteiger partial charge on any atom is 0.261 e. The maximum absolute atomic E-state index is 12.9. The number of carbonyl (C=O) groups excluding carboxylic acids is 1. The van der Waals surface area contributed by atoms with Gasteiger partial charge in [-0.1, -0.05) is 42.0 Å². The molecule has 1 N–H and O–H groups in total. The summed E-state index contributed by atoms with van der Waals surface area (Å²) >= 11 is 0. The number of sulfonamides is 1. The van der Waals surface area contributed by atoms with Crippen molar-refractivity contribution in [1.82, 2.24) is 0 Å². The average molecular weight is 394 g/mol. The summed E-state index contributed by atoms with van der Waals surface area (Å²) in [7, 11) is -2.05. The first-order valence-corrected chi connectivity index (χ1v) is 10.3. The minimum Gasteiger partial charge on any atom is -0.311 e. The standard InChI is InChI=1S/C22H22N2O3S/c1-16-12-14-19(15-13-16)28(26,27)23-21-11-7-10-20(17(21)2)22(25)24(3)18-8-5-4-6-9-18/h4-15,23H,1-3H3. The van der Waals surface area contributed by atoms with Crippen molar-refractivity contribution in [2.24, 2.45) is 0 Å². The molecule has 0 aliphatic carbocycles. The number of hydrogen-bond donors (Lipinski definition) is 1. The van der Waals surface area contributed by atoms with Gasteiger partial charge in [-0.05, 0) is 55.8 Å². The van der Waals surface area contributed by atoms with Gasteiger partial charge in [0.1, 0.15) is 0 Å². The molecule has 28 heavy (non-hydrogen) atoms. The molecule has 0 aromatic heterocycles. The molecule has 0 aliphatic heterocycles. The molecule has 3 rings (SSSR count). The van der Waals surface area contributed by atoms with E-state index in [0.717, 1.165) is 11.3 Å². The zero-order chi connectivity index (χ0) is 20.3. The second-order valence-electron chi connectivity index (χ2n) is 6.60. The van der Waals surface area contributed by atoms with Crippen molar-refractivity contribution in [3.63, 3.8) is 0 Å². The zero-order valence-electron chi connectivity index (χ0n) is 16.0. The lowest BCUT2D eigenvalue weighted by Gasteiger charge is -2.20. The van der Waals surface area contributed by atoms with Crippen LogP contribution in [0.5, 0.6) is 0 Å². The first-order chi connectivity index (χ1) is 13.3. The van der Waals surface area contributed by atoms with Gasteiger partial charge in [0.2, 0.25) is 0 Å². The molecule has 0 fully saturated rings. The summed E-state index contributed by atoms with van der Waals surface area (Å²) in [6, 6.07) is 20.9. The van der Waals surface area contributed by atoms with Crippen LogP contribution in [0, 0.1) is 13.8 Å². The van der Waals surface area contributed by atoms with E-state index in [0.29, 0.717) is 16.8 Å². The predicted octanol–water partition coefficient (Wildman–Crippen LogP) is 4.38. The number of aryl methyl sites for hydroxylation is 1. The Morgan fingerprint density at radius 2 is 1.50 bits per heavy atom. The smallest absolute Gasteiger partial charge is 0.261 e. The quantitative estimate of drug-likeness (QED) is 0.698. The first-order valence-electron chi connectivity index (χ1n) is 8.82. The monoisotopic (exact) mass is 394 g/mol. The van der Waals surface area contributed by atoms with Crippen molar-refractivity contribution in [1.29, 1.82) is 0 Å². The van der Waals surface area contributed by atoms with Crippen molar-refractivity contribution in [3.05, 3.63) is 89.5 Å². The predicted molar refractivity (Wildman–Crippen MR) is 112 cm³/mol. The third-order valence-electron chi connectivity index (χ3n) is 4.59. The molecule has 3 aromatic rings. The fourth-order valence-corrected chi connectivity index (χ4v) is 3.97. The largest absolute Gasteiger partial charge is 0.311 e. The summed E-state index contributed by atoms with van der Waals surface area (Å²) in [5.74, 6) is -0.208. The number of anilines is 2. The first kappa shape index (κ1) is 19.6. The van der Waals surface area contributed by atoms with E-state index in [4.69, 9.17) is 0 Å². The number of para-hydroxylation sites is 1. The van der Waals surface area contributed by atoms with E-state index < -0.39 is 10.0 Å². The highest BCUT2D eigenvalue weighted by atomic mass is 32.2. The van der Waals surface area contributed by atoms with E-state index in [9.17, 15) is 13.2 Å². The van der Waals surface area contributed by atoms with Gasteiger partial charge >= 0.3 is 0 Å². The number of carbonyl (C=O) groups is 1. The van der Waals surface area contributed by atoms with Gasteiger partial charge in [0.25, 0.3) is 15.9 Å². The van der Waals surface area contributed by atoms with Crippen LogP contribution in [0.15, 0.2) is 77.7 Å². The Hall–Kier alpha value is -3.12. The van der Waals surface area contributed by atoms with Crippen LogP contribution in [-0.4, -0.2) is 21.4 Å². The van der Waals surface area contributed by atoms with Gasteiger partial charge in [0.05, 0.1) is 10.6 Å². The summed E-state index contributed by atoms with van der Waals surface area (Å²) in [5, 5.41) is 0. The molecule has 0 atom stereocenters. The molecule has 0 radical (unpaired) electrons. The third-order valence-corrected chi connectivity index (χ3v) is 5.97. The van der Waals surface area contributed by atoms with E-state index in [-0.39, 0.29) is 10.8 Å². The van der Waals surface area contributed by atoms with Crippen LogP contribution < -0.4 is 9.62 Å². The topological polar surface area (TPSA) is 66.5 Å². The van der Waals surface area contributed by atoms with Gasteiger partial charge in [0, 0.05) is 18.3 Å².